The van der Waals surface area contributed by atoms with E-state index in [-0.39, 0.29) is 5.91 Å². The second-order valence-electron chi connectivity index (χ2n) is 4.61. The highest BCUT2D eigenvalue weighted by Crippen LogP contribution is 2.20. The zero-order valence-corrected chi connectivity index (χ0v) is 12.4. The van der Waals surface area contributed by atoms with Crippen molar-refractivity contribution in [3.8, 4) is 0 Å². The maximum Gasteiger partial charge on any atom is 0.255 e. The molecule has 20 heavy (non-hydrogen) atoms. The zero-order valence-electron chi connectivity index (χ0n) is 11.6. The summed E-state index contributed by atoms with van der Waals surface area (Å²) < 4.78 is 0. The summed E-state index contributed by atoms with van der Waals surface area (Å²) in [6.07, 6.45) is 2.61. The average molecular weight is 290 g/mol. The molecule has 6 heteroatoms. The molecule has 1 aromatic heterocycles. The Morgan fingerprint density at radius 3 is 2.90 bits per heavy atom. The SMILES string of the molecule is CN(C)C(=O)c1ccc(N)cc1NCCc1nccs1. The van der Waals surface area contributed by atoms with Crippen molar-refractivity contribution in [2.75, 3.05) is 31.7 Å². The molecule has 0 saturated carbocycles. The number of benzene rings is 1. The largest absolute Gasteiger partial charge is 0.399 e. The summed E-state index contributed by atoms with van der Waals surface area (Å²) in [5.74, 6) is -0.0400. The molecule has 2 aromatic rings. The van der Waals surface area contributed by atoms with Crippen LogP contribution in [0.15, 0.2) is 29.8 Å². The van der Waals surface area contributed by atoms with E-state index in [0.717, 1.165) is 17.1 Å². The highest BCUT2D eigenvalue weighted by molar-refractivity contribution is 7.09. The zero-order chi connectivity index (χ0) is 14.5. The van der Waals surface area contributed by atoms with Gasteiger partial charge in [-0.05, 0) is 18.2 Å². The lowest BCUT2D eigenvalue weighted by Crippen LogP contribution is -2.23. The smallest absolute Gasteiger partial charge is 0.255 e. The lowest BCUT2D eigenvalue weighted by atomic mass is 10.1. The van der Waals surface area contributed by atoms with E-state index in [4.69, 9.17) is 5.73 Å². The van der Waals surface area contributed by atoms with Gasteiger partial charge in [0.2, 0.25) is 0 Å². The fraction of sp³-hybridized carbons (Fsp3) is 0.286. The van der Waals surface area contributed by atoms with Crippen molar-refractivity contribution in [2.24, 2.45) is 0 Å². The number of anilines is 2. The van der Waals surface area contributed by atoms with Gasteiger partial charge in [-0.25, -0.2) is 4.98 Å². The van der Waals surface area contributed by atoms with Crippen LogP contribution >= 0.6 is 11.3 Å². The van der Waals surface area contributed by atoms with Gasteiger partial charge in [0.25, 0.3) is 5.91 Å². The number of carbonyl (C=O) groups excluding carboxylic acids is 1. The predicted molar refractivity (Wildman–Crippen MR) is 83.2 cm³/mol. The lowest BCUT2D eigenvalue weighted by molar-refractivity contribution is 0.0828. The average Bonchev–Trinajstić information content (AvgIpc) is 2.91. The molecule has 5 nitrogen and oxygen atoms in total. The quantitative estimate of drug-likeness (QED) is 0.827. The van der Waals surface area contributed by atoms with E-state index in [0.29, 0.717) is 17.8 Å². The molecule has 0 radical (unpaired) electrons. The first kappa shape index (κ1) is 14.3. The molecule has 0 fully saturated rings. The summed E-state index contributed by atoms with van der Waals surface area (Å²) in [6.45, 7) is 0.713. The molecule has 0 saturated heterocycles. The molecule has 2 rings (SSSR count). The van der Waals surface area contributed by atoms with Gasteiger partial charge in [-0.1, -0.05) is 0 Å². The normalized spacial score (nSPS) is 10.3. The van der Waals surface area contributed by atoms with Crippen molar-refractivity contribution >= 4 is 28.6 Å². The number of nitrogen functional groups attached to an aromatic ring is 1. The van der Waals surface area contributed by atoms with Gasteiger partial charge in [-0.2, -0.15) is 0 Å². The number of hydrogen-bond donors (Lipinski definition) is 2. The third kappa shape index (κ3) is 3.48. The first-order chi connectivity index (χ1) is 9.58. The molecule has 1 amide bonds. The Morgan fingerprint density at radius 2 is 2.25 bits per heavy atom. The van der Waals surface area contributed by atoms with E-state index >= 15 is 0 Å². The molecule has 0 aliphatic carbocycles. The van der Waals surface area contributed by atoms with Gasteiger partial charge in [-0.3, -0.25) is 4.79 Å². The fourth-order valence-corrected chi connectivity index (χ4v) is 2.44. The van der Waals surface area contributed by atoms with Crippen LogP contribution in [-0.2, 0) is 6.42 Å². The van der Waals surface area contributed by atoms with Crippen LogP contribution in [0.5, 0.6) is 0 Å². The highest BCUT2D eigenvalue weighted by Gasteiger charge is 2.13. The van der Waals surface area contributed by atoms with Gasteiger partial charge < -0.3 is 16.0 Å². The molecule has 0 atom stereocenters. The Hall–Kier alpha value is -2.08. The Kier molecular flexibility index (Phi) is 4.57. The molecule has 3 N–H and O–H groups in total. The lowest BCUT2D eigenvalue weighted by Gasteiger charge is -2.15. The van der Waals surface area contributed by atoms with Gasteiger partial charge in [0.05, 0.1) is 10.6 Å². The molecule has 0 aliphatic rings. The van der Waals surface area contributed by atoms with Crippen molar-refractivity contribution in [1.82, 2.24) is 9.88 Å². The van der Waals surface area contributed by atoms with Gasteiger partial charge in [-0.15, -0.1) is 11.3 Å². The van der Waals surface area contributed by atoms with Crippen molar-refractivity contribution in [3.63, 3.8) is 0 Å². The number of carbonyl (C=O) groups is 1. The van der Waals surface area contributed by atoms with E-state index in [1.54, 1.807) is 54.7 Å². The number of amides is 1. The Bertz CT molecular complexity index is 581. The summed E-state index contributed by atoms with van der Waals surface area (Å²) in [6, 6.07) is 5.28. The predicted octanol–water partition coefficient (Wildman–Crippen LogP) is 2.08. The first-order valence-electron chi connectivity index (χ1n) is 6.31. The standard InChI is InChI=1S/C14H18N4OS/c1-18(2)14(19)11-4-3-10(15)9-12(11)16-6-5-13-17-7-8-20-13/h3-4,7-9,16H,5-6,15H2,1-2H3. The van der Waals surface area contributed by atoms with Gasteiger partial charge in [0, 0.05) is 50.0 Å². The van der Waals surface area contributed by atoms with Crippen LogP contribution in [0.3, 0.4) is 0 Å². The highest BCUT2D eigenvalue weighted by atomic mass is 32.1. The monoisotopic (exact) mass is 290 g/mol. The maximum absolute atomic E-state index is 12.1. The molecule has 1 aromatic carbocycles. The molecular formula is C14H18N4OS. The summed E-state index contributed by atoms with van der Waals surface area (Å²) in [5, 5.41) is 6.29. The van der Waals surface area contributed by atoms with Crippen LogP contribution in [0.2, 0.25) is 0 Å². The van der Waals surface area contributed by atoms with Crippen molar-refractivity contribution in [2.45, 2.75) is 6.42 Å². The molecule has 0 bridgehead atoms. The number of thiazole rings is 1. The van der Waals surface area contributed by atoms with Gasteiger partial charge in [0.1, 0.15) is 0 Å². The topological polar surface area (TPSA) is 71.2 Å². The summed E-state index contributed by atoms with van der Waals surface area (Å²) in [5.41, 5.74) is 7.82. The molecule has 0 unspecified atom stereocenters. The minimum absolute atomic E-state index is 0.0400. The number of hydrogen-bond acceptors (Lipinski definition) is 5. The number of aromatic nitrogens is 1. The van der Waals surface area contributed by atoms with Crippen LogP contribution in [0.1, 0.15) is 15.4 Å². The van der Waals surface area contributed by atoms with E-state index < -0.39 is 0 Å². The third-order valence-electron chi connectivity index (χ3n) is 2.82. The van der Waals surface area contributed by atoms with Crippen molar-refractivity contribution < 1.29 is 4.79 Å². The minimum atomic E-state index is -0.0400. The van der Waals surface area contributed by atoms with Crippen LogP contribution in [0.25, 0.3) is 0 Å². The third-order valence-corrected chi connectivity index (χ3v) is 3.66. The van der Waals surface area contributed by atoms with E-state index in [1.807, 2.05) is 5.38 Å². The van der Waals surface area contributed by atoms with Crippen molar-refractivity contribution in [1.29, 1.82) is 0 Å². The van der Waals surface area contributed by atoms with Crippen molar-refractivity contribution in [3.05, 3.63) is 40.3 Å². The summed E-state index contributed by atoms with van der Waals surface area (Å²) in [4.78, 5) is 17.9. The van der Waals surface area contributed by atoms with E-state index in [1.165, 1.54) is 0 Å². The number of nitrogens with zero attached hydrogens (tertiary/aromatic N) is 2. The molecule has 0 aliphatic heterocycles. The number of rotatable bonds is 5. The molecule has 1 heterocycles. The number of nitrogens with one attached hydrogen (secondary N) is 1. The van der Waals surface area contributed by atoms with Crippen LogP contribution in [0.4, 0.5) is 11.4 Å². The van der Waals surface area contributed by atoms with Crippen LogP contribution in [0, 0.1) is 0 Å². The second-order valence-corrected chi connectivity index (χ2v) is 5.59. The second kappa shape index (κ2) is 6.38. The Morgan fingerprint density at radius 1 is 1.45 bits per heavy atom. The maximum atomic E-state index is 12.1. The van der Waals surface area contributed by atoms with E-state index in [9.17, 15) is 4.79 Å². The Labute approximate surface area is 122 Å². The minimum Gasteiger partial charge on any atom is -0.399 e. The van der Waals surface area contributed by atoms with Gasteiger partial charge >= 0.3 is 0 Å². The van der Waals surface area contributed by atoms with E-state index in [2.05, 4.69) is 10.3 Å². The molecule has 106 valence electrons. The van der Waals surface area contributed by atoms with Gasteiger partial charge in [0.15, 0.2) is 0 Å². The molecular weight excluding hydrogens is 272 g/mol. The van der Waals surface area contributed by atoms with Crippen LogP contribution in [-0.4, -0.2) is 36.4 Å². The molecule has 0 spiro atoms. The van der Waals surface area contributed by atoms with Crippen LogP contribution < -0.4 is 11.1 Å². The fourth-order valence-electron chi connectivity index (χ4n) is 1.82. The summed E-state index contributed by atoms with van der Waals surface area (Å²) in [7, 11) is 3.47. The Balaban J connectivity index is 2.09. The summed E-state index contributed by atoms with van der Waals surface area (Å²) >= 11 is 1.63. The number of nitrogens with two attached hydrogens (primary N) is 1. The first-order valence-corrected chi connectivity index (χ1v) is 7.19.